The SMILES string of the molecule is Cn1cc(-n2nc(-c3ccc[nH]c3=O)nc2CN2CCCCCC2)cn1. The Kier molecular flexibility index (Phi) is 4.66. The Morgan fingerprint density at radius 3 is 2.69 bits per heavy atom. The number of aryl methyl sites for hydroxylation is 1. The number of nitrogens with one attached hydrogen (secondary N) is 1. The smallest absolute Gasteiger partial charge is 0.259 e. The van der Waals surface area contributed by atoms with Crippen LogP contribution in [0.2, 0.25) is 0 Å². The molecule has 1 aliphatic rings. The zero-order chi connectivity index (χ0) is 17.9. The standard InChI is InChI=1S/C18H23N7O/c1-23-12-14(11-20-23)25-16(13-24-9-4-2-3-5-10-24)21-17(22-25)15-7-6-8-19-18(15)26/h6-8,11-12H,2-5,9-10,13H2,1H3,(H,19,26). The summed E-state index contributed by atoms with van der Waals surface area (Å²) in [6.45, 7) is 2.86. The van der Waals surface area contributed by atoms with Gasteiger partial charge in [-0.05, 0) is 38.1 Å². The fourth-order valence-electron chi connectivity index (χ4n) is 3.38. The molecule has 3 aromatic heterocycles. The van der Waals surface area contributed by atoms with Gasteiger partial charge in [0.1, 0.15) is 11.5 Å². The lowest BCUT2D eigenvalue weighted by Gasteiger charge is -2.18. The summed E-state index contributed by atoms with van der Waals surface area (Å²) in [6.07, 6.45) is 10.3. The Morgan fingerprint density at radius 1 is 1.19 bits per heavy atom. The van der Waals surface area contributed by atoms with Crippen LogP contribution in [0.25, 0.3) is 17.1 Å². The van der Waals surface area contributed by atoms with Gasteiger partial charge in [0.25, 0.3) is 5.56 Å². The lowest BCUT2D eigenvalue weighted by atomic mass is 10.2. The van der Waals surface area contributed by atoms with Crippen LogP contribution in [0.5, 0.6) is 0 Å². The van der Waals surface area contributed by atoms with Crippen LogP contribution in [0.3, 0.4) is 0 Å². The average Bonchev–Trinajstić information content (AvgIpc) is 3.15. The Balaban J connectivity index is 1.73. The first-order chi connectivity index (χ1) is 12.7. The van der Waals surface area contributed by atoms with Crippen LogP contribution in [0.1, 0.15) is 31.5 Å². The molecule has 0 bridgehead atoms. The predicted octanol–water partition coefficient (Wildman–Crippen LogP) is 1.73. The largest absolute Gasteiger partial charge is 0.328 e. The molecule has 0 saturated carbocycles. The van der Waals surface area contributed by atoms with Crippen molar-refractivity contribution in [3.8, 4) is 17.1 Å². The van der Waals surface area contributed by atoms with E-state index in [9.17, 15) is 4.79 Å². The van der Waals surface area contributed by atoms with E-state index in [1.165, 1.54) is 25.7 Å². The van der Waals surface area contributed by atoms with Crippen LogP contribution in [-0.4, -0.2) is 47.5 Å². The summed E-state index contributed by atoms with van der Waals surface area (Å²) in [5.74, 6) is 1.28. The van der Waals surface area contributed by atoms with Crippen LogP contribution in [-0.2, 0) is 13.6 Å². The number of hydrogen-bond acceptors (Lipinski definition) is 5. The van der Waals surface area contributed by atoms with Gasteiger partial charge in [-0.3, -0.25) is 14.4 Å². The van der Waals surface area contributed by atoms with Crippen molar-refractivity contribution in [1.82, 2.24) is 34.4 Å². The van der Waals surface area contributed by atoms with Gasteiger partial charge in [0.05, 0.1) is 24.5 Å². The number of pyridine rings is 1. The molecule has 0 spiro atoms. The molecule has 136 valence electrons. The first-order valence-corrected chi connectivity index (χ1v) is 9.06. The van der Waals surface area contributed by atoms with E-state index < -0.39 is 0 Å². The van der Waals surface area contributed by atoms with Gasteiger partial charge in [0, 0.05) is 13.2 Å². The summed E-state index contributed by atoms with van der Waals surface area (Å²) in [5.41, 5.74) is 1.15. The Hall–Kier alpha value is -2.74. The molecule has 1 fully saturated rings. The predicted molar refractivity (Wildman–Crippen MR) is 97.9 cm³/mol. The molecule has 1 aliphatic heterocycles. The summed E-state index contributed by atoms with van der Waals surface area (Å²) in [7, 11) is 1.87. The number of likely N-dealkylation sites (tertiary alicyclic amines) is 1. The van der Waals surface area contributed by atoms with E-state index >= 15 is 0 Å². The van der Waals surface area contributed by atoms with E-state index in [1.54, 1.807) is 33.9 Å². The van der Waals surface area contributed by atoms with Gasteiger partial charge >= 0.3 is 0 Å². The third-order valence-electron chi connectivity index (χ3n) is 4.73. The lowest BCUT2D eigenvalue weighted by Crippen LogP contribution is -2.25. The molecule has 8 nitrogen and oxygen atoms in total. The summed E-state index contributed by atoms with van der Waals surface area (Å²) in [6, 6.07) is 3.54. The van der Waals surface area contributed by atoms with E-state index in [0.29, 0.717) is 17.9 Å². The second-order valence-corrected chi connectivity index (χ2v) is 6.74. The van der Waals surface area contributed by atoms with Crippen LogP contribution in [0.4, 0.5) is 0 Å². The second kappa shape index (κ2) is 7.25. The minimum absolute atomic E-state index is 0.183. The third kappa shape index (κ3) is 3.45. The van der Waals surface area contributed by atoms with Crippen molar-refractivity contribution < 1.29 is 0 Å². The molecule has 0 unspecified atom stereocenters. The molecule has 1 saturated heterocycles. The number of aromatic amines is 1. The molecule has 0 amide bonds. The highest BCUT2D eigenvalue weighted by Gasteiger charge is 2.19. The van der Waals surface area contributed by atoms with Gasteiger partial charge in [-0.1, -0.05) is 12.8 Å². The van der Waals surface area contributed by atoms with E-state index in [2.05, 4.69) is 20.1 Å². The highest BCUT2D eigenvalue weighted by atomic mass is 16.1. The van der Waals surface area contributed by atoms with Crippen LogP contribution < -0.4 is 5.56 Å². The lowest BCUT2D eigenvalue weighted by molar-refractivity contribution is 0.268. The Morgan fingerprint density at radius 2 is 2.00 bits per heavy atom. The second-order valence-electron chi connectivity index (χ2n) is 6.74. The monoisotopic (exact) mass is 353 g/mol. The summed E-state index contributed by atoms with van der Waals surface area (Å²) in [5, 5.41) is 8.86. The summed E-state index contributed by atoms with van der Waals surface area (Å²) in [4.78, 5) is 22.0. The molecule has 0 aliphatic carbocycles. The van der Waals surface area contributed by atoms with E-state index in [-0.39, 0.29) is 5.56 Å². The van der Waals surface area contributed by atoms with Crippen LogP contribution in [0, 0.1) is 0 Å². The molecule has 26 heavy (non-hydrogen) atoms. The van der Waals surface area contributed by atoms with Crippen molar-refractivity contribution in [1.29, 1.82) is 0 Å². The first-order valence-electron chi connectivity index (χ1n) is 9.06. The van der Waals surface area contributed by atoms with Crippen molar-refractivity contribution in [2.24, 2.45) is 7.05 Å². The maximum absolute atomic E-state index is 12.1. The molecular formula is C18H23N7O. The number of nitrogens with zero attached hydrogens (tertiary/aromatic N) is 6. The van der Waals surface area contributed by atoms with Crippen molar-refractivity contribution >= 4 is 0 Å². The van der Waals surface area contributed by atoms with Crippen molar-refractivity contribution in [2.75, 3.05) is 13.1 Å². The van der Waals surface area contributed by atoms with Crippen molar-refractivity contribution in [2.45, 2.75) is 32.2 Å². The van der Waals surface area contributed by atoms with Crippen LogP contribution in [0.15, 0.2) is 35.5 Å². The molecule has 0 radical (unpaired) electrons. The first kappa shape index (κ1) is 16.7. The minimum atomic E-state index is -0.183. The van der Waals surface area contributed by atoms with E-state index in [1.807, 2.05) is 13.2 Å². The fourth-order valence-corrected chi connectivity index (χ4v) is 3.38. The molecule has 3 aromatic rings. The minimum Gasteiger partial charge on any atom is -0.328 e. The van der Waals surface area contributed by atoms with Crippen molar-refractivity contribution in [3.63, 3.8) is 0 Å². The van der Waals surface area contributed by atoms with Crippen molar-refractivity contribution in [3.05, 3.63) is 46.9 Å². The topological polar surface area (TPSA) is 84.6 Å². The highest BCUT2D eigenvalue weighted by Crippen LogP contribution is 2.18. The van der Waals surface area contributed by atoms with Gasteiger partial charge in [0.15, 0.2) is 5.82 Å². The van der Waals surface area contributed by atoms with E-state index in [4.69, 9.17) is 4.98 Å². The molecule has 0 aromatic carbocycles. The number of rotatable bonds is 4. The highest BCUT2D eigenvalue weighted by molar-refractivity contribution is 5.53. The Labute approximate surface area is 151 Å². The normalized spacial score (nSPS) is 15.9. The molecule has 1 N–H and O–H groups in total. The van der Waals surface area contributed by atoms with Gasteiger partial charge in [0.2, 0.25) is 0 Å². The summed E-state index contributed by atoms with van der Waals surface area (Å²) < 4.78 is 3.54. The molecule has 4 rings (SSSR count). The van der Waals surface area contributed by atoms with Gasteiger partial charge in [-0.2, -0.15) is 5.10 Å². The average molecular weight is 353 g/mol. The maximum Gasteiger partial charge on any atom is 0.259 e. The zero-order valence-electron chi connectivity index (χ0n) is 14.9. The molecule has 0 atom stereocenters. The third-order valence-corrected chi connectivity index (χ3v) is 4.73. The number of hydrogen-bond donors (Lipinski definition) is 1. The van der Waals surface area contributed by atoms with E-state index in [0.717, 1.165) is 24.6 Å². The Bertz CT molecular complexity index is 931. The maximum atomic E-state index is 12.1. The van der Waals surface area contributed by atoms with Gasteiger partial charge in [-0.15, -0.1) is 5.10 Å². The number of aromatic nitrogens is 6. The van der Waals surface area contributed by atoms with Gasteiger partial charge < -0.3 is 4.98 Å². The van der Waals surface area contributed by atoms with Gasteiger partial charge in [-0.25, -0.2) is 9.67 Å². The number of H-pyrrole nitrogens is 1. The molecule has 4 heterocycles. The fraction of sp³-hybridized carbons (Fsp3) is 0.444. The molecular weight excluding hydrogens is 330 g/mol. The summed E-state index contributed by atoms with van der Waals surface area (Å²) >= 11 is 0. The quantitative estimate of drug-likeness (QED) is 0.772. The van der Waals surface area contributed by atoms with Crippen LogP contribution >= 0.6 is 0 Å². The zero-order valence-corrected chi connectivity index (χ0v) is 14.9. The molecule has 8 heteroatoms.